The zero-order valence-electron chi connectivity index (χ0n) is 11.1. The highest BCUT2D eigenvalue weighted by Gasteiger charge is 2.06. The number of carboxylic acid groups (broad SMARTS) is 1. The summed E-state index contributed by atoms with van der Waals surface area (Å²) in [6.07, 6.45) is 2.40. The van der Waals surface area contributed by atoms with E-state index in [0.717, 1.165) is 19.5 Å². The fourth-order valence-corrected chi connectivity index (χ4v) is 1.35. The molecule has 0 saturated heterocycles. The predicted octanol–water partition coefficient (Wildman–Crippen LogP) is 1.32. The van der Waals surface area contributed by atoms with Crippen LogP contribution in [0.3, 0.4) is 0 Å². The van der Waals surface area contributed by atoms with Crippen molar-refractivity contribution in [3.8, 4) is 0 Å². The minimum Gasteiger partial charge on any atom is -0.477 e. The maximum atomic E-state index is 10.7. The third-order valence-electron chi connectivity index (χ3n) is 2.73. The fraction of sp³-hybridized carbons (Fsp3) is 0.583. The van der Waals surface area contributed by atoms with Crippen LogP contribution in [0.2, 0.25) is 0 Å². The second-order valence-electron chi connectivity index (χ2n) is 4.43. The van der Waals surface area contributed by atoms with E-state index in [1.54, 1.807) is 0 Å². The highest BCUT2D eigenvalue weighted by atomic mass is 16.4. The van der Waals surface area contributed by atoms with E-state index in [4.69, 9.17) is 5.11 Å². The van der Waals surface area contributed by atoms with E-state index in [2.05, 4.69) is 41.1 Å². The summed E-state index contributed by atoms with van der Waals surface area (Å²) in [5, 5.41) is 11.8. The Kier molecular flexibility index (Phi) is 5.51. The molecule has 0 bridgehead atoms. The van der Waals surface area contributed by atoms with Crippen LogP contribution in [0.25, 0.3) is 0 Å². The van der Waals surface area contributed by atoms with Crippen LogP contribution >= 0.6 is 0 Å². The molecular weight excluding hydrogens is 232 g/mol. The quantitative estimate of drug-likeness (QED) is 0.712. The summed E-state index contributed by atoms with van der Waals surface area (Å²) in [4.78, 5) is 20.8. The van der Waals surface area contributed by atoms with Gasteiger partial charge >= 0.3 is 5.97 Å². The van der Waals surface area contributed by atoms with Gasteiger partial charge in [0.2, 0.25) is 5.95 Å². The minimum absolute atomic E-state index is 0.00629. The summed E-state index contributed by atoms with van der Waals surface area (Å²) in [6.45, 7) is 5.99. The van der Waals surface area contributed by atoms with Crippen LogP contribution < -0.4 is 5.32 Å². The molecule has 0 aliphatic rings. The topological polar surface area (TPSA) is 78.4 Å². The van der Waals surface area contributed by atoms with Crippen molar-refractivity contribution in [3.05, 3.63) is 18.0 Å². The van der Waals surface area contributed by atoms with Crippen LogP contribution in [-0.2, 0) is 0 Å². The molecule has 6 nitrogen and oxygen atoms in total. The van der Waals surface area contributed by atoms with Gasteiger partial charge < -0.3 is 15.3 Å². The van der Waals surface area contributed by atoms with E-state index in [-0.39, 0.29) is 5.69 Å². The summed E-state index contributed by atoms with van der Waals surface area (Å²) < 4.78 is 0. The van der Waals surface area contributed by atoms with Gasteiger partial charge in [0.15, 0.2) is 5.69 Å². The number of aromatic nitrogens is 2. The van der Waals surface area contributed by atoms with Gasteiger partial charge in [0.05, 0.1) is 0 Å². The molecule has 0 atom stereocenters. The summed E-state index contributed by atoms with van der Waals surface area (Å²) >= 11 is 0. The van der Waals surface area contributed by atoms with Gasteiger partial charge in [0, 0.05) is 18.8 Å². The average molecular weight is 252 g/mol. The molecule has 0 fully saturated rings. The van der Waals surface area contributed by atoms with Crippen molar-refractivity contribution in [2.24, 2.45) is 0 Å². The summed E-state index contributed by atoms with van der Waals surface area (Å²) in [5.74, 6) is -0.679. The Morgan fingerprint density at radius 2 is 2.28 bits per heavy atom. The van der Waals surface area contributed by atoms with Gasteiger partial charge in [0.25, 0.3) is 0 Å². The highest BCUT2D eigenvalue weighted by molar-refractivity contribution is 5.85. The zero-order chi connectivity index (χ0) is 13.5. The largest absolute Gasteiger partial charge is 0.477 e. The summed E-state index contributed by atoms with van der Waals surface area (Å²) in [5.41, 5.74) is 0.00629. The Bertz CT molecular complexity index is 395. The minimum atomic E-state index is -1.04. The van der Waals surface area contributed by atoms with Crippen molar-refractivity contribution in [1.29, 1.82) is 0 Å². The highest BCUT2D eigenvalue weighted by Crippen LogP contribution is 2.01. The molecule has 100 valence electrons. The van der Waals surface area contributed by atoms with Crippen LogP contribution in [0.4, 0.5) is 5.95 Å². The molecular formula is C12H20N4O2. The zero-order valence-corrected chi connectivity index (χ0v) is 11.1. The van der Waals surface area contributed by atoms with E-state index in [1.165, 1.54) is 12.3 Å². The SMILES string of the molecule is CC(C)N(C)CCCNc1nccc(C(=O)O)n1. The number of carboxylic acids is 1. The van der Waals surface area contributed by atoms with Gasteiger partial charge in [-0.05, 0) is 39.9 Å². The van der Waals surface area contributed by atoms with Gasteiger partial charge in [-0.3, -0.25) is 0 Å². The van der Waals surface area contributed by atoms with E-state index in [0.29, 0.717) is 12.0 Å². The number of rotatable bonds is 7. The average Bonchev–Trinajstić information content (AvgIpc) is 2.34. The van der Waals surface area contributed by atoms with Gasteiger partial charge in [0.1, 0.15) is 0 Å². The van der Waals surface area contributed by atoms with Crippen molar-refractivity contribution in [1.82, 2.24) is 14.9 Å². The van der Waals surface area contributed by atoms with Gasteiger partial charge in [-0.2, -0.15) is 0 Å². The van der Waals surface area contributed by atoms with Crippen molar-refractivity contribution in [3.63, 3.8) is 0 Å². The Balaban J connectivity index is 2.35. The molecule has 0 saturated carbocycles. The molecule has 0 unspecified atom stereocenters. The number of nitrogens with one attached hydrogen (secondary N) is 1. The molecule has 1 aromatic heterocycles. The molecule has 2 N–H and O–H groups in total. The molecule has 0 aromatic carbocycles. The smallest absolute Gasteiger partial charge is 0.354 e. The molecule has 1 aromatic rings. The van der Waals surface area contributed by atoms with Crippen molar-refractivity contribution in [2.45, 2.75) is 26.3 Å². The Morgan fingerprint density at radius 3 is 2.89 bits per heavy atom. The molecule has 0 aliphatic heterocycles. The van der Waals surface area contributed by atoms with Crippen molar-refractivity contribution < 1.29 is 9.90 Å². The number of carbonyl (C=O) groups is 1. The van der Waals surface area contributed by atoms with Crippen LogP contribution in [0.15, 0.2) is 12.3 Å². The Morgan fingerprint density at radius 1 is 1.56 bits per heavy atom. The predicted molar refractivity (Wildman–Crippen MR) is 69.9 cm³/mol. The lowest BCUT2D eigenvalue weighted by Gasteiger charge is -2.20. The van der Waals surface area contributed by atoms with Crippen LogP contribution in [0.5, 0.6) is 0 Å². The molecule has 18 heavy (non-hydrogen) atoms. The number of nitrogens with zero attached hydrogens (tertiary/aromatic N) is 3. The number of hydrogen-bond donors (Lipinski definition) is 2. The first-order valence-electron chi connectivity index (χ1n) is 6.01. The number of hydrogen-bond acceptors (Lipinski definition) is 5. The van der Waals surface area contributed by atoms with Crippen molar-refractivity contribution in [2.75, 3.05) is 25.5 Å². The second-order valence-corrected chi connectivity index (χ2v) is 4.43. The molecule has 0 amide bonds. The summed E-state index contributed by atoms with van der Waals surface area (Å²) in [7, 11) is 2.08. The lowest BCUT2D eigenvalue weighted by atomic mass is 10.3. The Labute approximate surface area is 107 Å². The van der Waals surface area contributed by atoms with E-state index < -0.39 is 5.97 Å². The van der Waals surface area contributed by atoms with Crippen molar-refractivity contribution >= 4 is 11.9 Å². The molecule has 0 spiro atoms. The molecule has 1 rings (SSSR count). The second kappa shape index (κ2) is 6.90. The molecule has 0 aliphatic carbocycles. The van der Waals surface area contributed by atoms with E-state index >= 15 is 0 Å². The molecule has 1 heterocycles. The third-order valence-corrected chi connectivity index (χ3v) is 2.73. The van der Waals surface area contributed by atoms with Crippen LogP contribution in [0, 0.1) is 0 Å². The van der Waals surface area contributed by atoms with Gasteiger partial charge in [-0.1, -0.05) is 0 Å². The third kappa shape index (κ3) is 4.67. The first kappa shape index (κ1) is 14.4. The first-order chi connectivity index (χ1) is 8.50. The van der Waals surface area contributed by atoms with Gasteiger partial charge in [-0.25, -0.2) is 14.8 Å². The van der Waals surface area contributed by atoms with Crippen LogP contribution in [-0.4, -0.2) is 52.1 Å². The molecule has 0 radical (unpaired) electrons. The maximum Gasteiger partial charge on any atom is 0.354 e. The molecule has 6 heteroatoms. The standard InChI is InChI=1S/C12H20N4O2/c1-9(2)16(3)8-4-6-13-12-14-7-5-10(15-12)11(17)18/h5,7,9H,4,6,8H2,1-3H3,(H,17,18)(H,13,14,15). The Hall–Kier alpha value is -1.69. The number of aromatic carboxylic acids is 1. The first-order valence-corrected chi connectivity index (χ1v) is 6.01. The normalized spacial score (nSPS) is 10.9. The fourth-order valence-electron chi connectivity index (χ4n) is 1.35. The number of anilines is 1. The summed E-state index contributed by atoms with van der Waals surface area (Å²) in [6, 6.07) is 1.90. The monoisotopic (exact) mass is 252 g/mol. The van der Waals surface area contributed by atoms with E-state index in [1.807, 2.05) is 0 Å². The van der Waals surface area contributed by atoms with Gasteiger partial charge in [-0.15, -0.1) is 0 Å². The van der Waals surface area contributed by atoms with Crippen LogP contribution in [0.1, 0.15) is 30.8 Å². The maximum absolute atomic E-state index is 10.7. The lowest BCUT2D eigenvalue weighted by Crippen LogP contribution is -2.28. The van der Waals surface area contributed by atoms with E-state index in [9.17, 15) is 4.79 Å². The lowest BCUT2D eigenvalue weighted by molar-refractivity contribution is 0.0690.